The van der Waals surface area contributed by atoms with Gasteiger partial charge in [-0.05, 0) is 19.3 Å². The SMILES string of the molecule is CCCCCCCCCCCCCCCCCCCC/C=C/C(O)C(COC1OC(CO)C(OC2OC(CO)C(O)C(OC3(C(=O)O)CC(O)C(NC(C)=O)C(C(O)C(O)CO)O3)C2O)C(O)C1O)NC(=O)CCCCCCCCCCCCCC. The van der Waals surface area contributed by atoms with Gasteiger partial charge in [-0.2, -0.15) is 0 Å². The number of unbranched alkanes of at least 4 members (excludes halogenated alkanes) is 29. The lowest BCUT2D eigenvalue weighted by atomic mass is 9.88. The van der Waals surface area contributed by atoms with Crippen LogP contribution in [0.1, 0.15) is 233 Å². The maximum absolute atomic E-state index is 13.4. The Labute approximate surface area is 511 Å². The number of allylic oxidation sites excluding steroid dienone is 1. The van der Waals surface area contributed by atoms with E-state index >= 15 is 0 Å². The molecule has 86 heavy (non-hydrogen) atoms. The molecule has 0 bridgehead atoms. The van der Waals surface area contributed by atoms with Gasteiger partial charge in [-0.3, -0.25) is 9.59 Å². The number of carbonyl (C=O) groups excluding carboxylic acids is 2. The normalized spacial score (nSPS) is 29.4. The average molecular weight is 1240 g/mol. The lowest BCUT2D eigenvalue weighted by Crippen LogP contribution is -2.70. The van der Waals surface area contributed by atoms with Gasteiger partial charge in [0.1, 0.15) is 67.1 Å². The first-order valence-electron chi connectivity index (χ1n) is 33.1. The molecule has 14 N–H and O–H groups in total. The number of carboxylic acids is 1. The second-order valence-corrected chi connectivity index (χ2v) is 24.3. The van der Waals surface area contributed by atoms with Gasteiger partial charge < -0.3 is 100 Å². The molecule has 3 heterocycles. The lowest BCUT2D eigenvalue weighted by molar-refractivity contribution is -0.386. The summed E-state index contributed by atoms with van der Waals surface area (Å²) >= 11 is 0. The number of aliphatic carboxylic acids is 1. The number of ether oxygens (including phenoxy) is 6. The van der Waals surface area contributed by atoms with E-state index in [9.17, 15) is 75.7 Å². The molecule has 23 nitrogen and oxygen atoms in total. The molecular weight excluding hydrogens is 1120 g/mol. The van der Waals surface area contributed by atoms with Gasteiger partial charge in [0, 0.05) is 19.8 Å². The Morgan fingerprint density at radius 3 is 1.55 bits per heavy atom. The van der Waals surface area contributed by atoms with Crippen molar-refractivity contribution in [2.45, 2.75) is 342 Å². The smallest absolute Gasteiger partial charge is 0.364 e. The van der Waals surface area contributed by atoms with Crippen LogP contribution in [0.15, 0.2) is 12.2 Å². The van der Waals surface area contributed by atoms with Crippen LogP contribution < -0.4 is 10.6 Å². The van der Waals surface area contributed by atoms with Crippen molar-refractivity contribution >= 4 is 17.8 Å². The van der Waals surface area contributed by atoms with E-state index in [2.05, 4.69) is 24.5 Å². The molecule has 3 aliphatic rings. The zero-order valence-electron chi connectivity index (χ0n) is 52.2. The van der Waals surface area contributed by atoms with Gasteiger partial charge in [0.05, 0.1) is 50.7 Å². The molecule has 0 aromatic carbocycles. The van der Waals surface area contributed by atoms with E-state index in [4.69, 9.17) is 28.4 Å². The lowest BCUT2D eigenvalue weighted by Gasteiger charge is -2.50. The highest BCUT2D eigenvalue weighted by molar-refractivity contribution is 5.77. The van der Waals surface area contributed by atoms with Crippen LogP contribution in [0.5, 0.6) is 0 Å². The van der Waals surface area contributed by atoms with E-state index in [1.165, 1.54) is 141 Å². The molecule has 3 rings (SSSR count). The molecule has 0 radical (unpaired) electrons. The van der Waals surface area contributed by atoms with Gasteiger partial charge in [0.2, 0.25) is 11.8 Å². The molecule has 0 spiro atoms. The molecule has 3 saturated heterocycles. The summed E-state index contributed by atoms with van der Waals surface area (Å²) in [4.78, 5) is 38.4. The van der Waals surface area contributed by atoms with Crippen LogP contribution in [0.4, 0.5) is 0 Å². The van der Waals surface area contributed by atoms with Crippen molar-refractivity contribution in [3.63, 3.8) is 0 Å². The van der Waals surface area contributed by atoms with Crippen molar-refractivity contribution in [2.24, 2.45) is 0 Å². The summed E-state index contributed by atoms with van der Waals surface area (Å²) in [5.41, 5.74) is 0. The van der Waals surface area contributed by atoms with E-state index in [1.807, 2.05) is 6.08 Å². The maximum atomic E-state index is 13.4. The minimum atomic E-state index is -3.08. The maximum Gasteiger partial charge on any atom is 0.364 e. The summed E-state index contributed by atoms with van der Waals surface area (Å²) in [6.07, 6.45) is 11.3. The summed E-state index contributed by atoms with van der Waals surface area (Å²) in [5.74, 6) is -6.14. The largest absolute Gasteiger partial charge is 0.477 e. The highest BCUT2D eigenvalue weighted by Crippen LogP contribution is 2.38. The molecule has 3 fully saturated rings. The number of hydrogen-bond acceptors (Lipinski definition) is 20. The Kier molecular flexibility index (Phi) is 40.5. The van der Waals surface area contributed by atoms with Crippen molar-refractivity contribution in [2.75, 3.05) is 26.4 Å². The zero-order chi connectivity index (χ0) is 63.3. The van der Waals surface area contributed by atoms with E-state index in [-0.39, 0.29) is 12.3 Å². The van der Waals surface area contributed by atoms with E-state index < -0.39 is 155 Å². The summed E-state index contributed by atoms with van der Waals surface area (Å²) in [7, 11) is 0. The Bertz CT molecular complexity index is 1810. The predicted molar refractivity (Wildman–Crippen MR) is 320 cm³/mol. The standard InChI is InChI=1S/C63H116N2O21/c1-4-6-8-10-12-14-16-18-19-20-21-22-23-24-25-26-28-30-32-34-36-45(70)44(65-50(73)37-35-33-31-29-27-17-15-13-11-9-7-5-2)42-81-60-55(77)54(76)57(49(41-68)83-60)84-61-56(78)59(53(75)48(40-67)82-61)86-63(62(79)80)38-46(71)51(64-43(3)69)58(85-63)52(74)47(72)39-66/h34,36,44-49,51-61,66-68,70-72,74-78H,4-33,35,37-42H2,1-3H3,(H,64,69)(H,65,73)(H,79,80)/b36-34+. The third-order valence-electron chi connectivity index (χ3n) is 17.0. The third-order valence-corrected chi connectivity index (χ3v) is 17.0. The molecule has 0 aliphatic carbocycles. The first kappa shape index (κ1) is 77.7. The monoisotopic (exact) mass is 1240 g/mol. The van der Waals surface area contributed by atoms with Crippen LogP contribution in [0.25, 0.3) is 0 Å². The molecule has 2 amide bonds. The number of rotatable bonds is 49. The fourth-order valence-electron chi connectivity index (χ4n) is 11.6. The molecule has 0 aromatic heterocycles. The van der Waals surface area contributed by atoms with Gasteiger partial charge in [-0.15, -0.1) is 0 Å². The molecule has 504 valence electrons. The second kappa shape index (κ2) is 44.9. The van der Waals surface area contributed by atoms with Gasteiger partial charge in [-0.25, -0.2) is 4.79 Å². The average Bonchev–Trinajstić information content (AvgIpc) is 0.900. The minimum absolute atomic E-state index is 0.204. The number of hydrogen-bond donors (Lipinski definition) is 14. The van der Waals surface area contributed by atoms with Gasteiger partial charge in [-0.1, -0.05) is 206 Å². The van der Waals surface area contributed by atoms with Crippen LogP contribution in [0.2, 0.25) is 0 Å². The fourth-order valence-corrected chi connectivity index (χ4v) is 11.6. The van der Waals surface area contributed by atoms with Crippen molar-refractivity contribution in [3.8, 4) is 0 Å². The summed E-state index contributed by atoms with van der Waals surface area (Å²) < 4.78 is 34.7. The molecule has 0 aromatic rings. The van der Waals surface area contributed by atoms with Crippen molar-refractivity contribution in [3.05, 3.63) is 12.2 Å². The van der Waals surface area contributed by atoms with Gasteiger partial charge in [0.25, 0.3) is 5.79 Å². The predicted octanol–water partition coefficient (Wildman–Crippen LogP) is 4.73. The van der Waals surface area contributed by atoms with E-state index in [0.29, 0.717) is 12.8 Å². The number of carboxylic acid groups (broad SMARTS) is 1. The first-order valence-corrected chi connectivity index (χ1v) is 33.1. The van der Waals surface area contributed by atoms with Crippen molar-refractivity contribution in [1.82, 2.24) is 10.6 Å². The third kappa shape index (κ3) is 27.9. The quantitative estimate of drug-likeness (QED) is 0.0289. The zero-order valence-corrected chi connectivity index (χ0v) is 52.2. The van der Waals surface area contributed by atoms with Crippen molar-refractivity contribution in [1.29, 1.82) is 0 Å². The van der Waals surface area contributed by atoms with Crippen LogP contribution in [-0.2, 0) is 42.8 Å². The molecule has 18 unspecified atom stereocenters. The molecule has 18 atom stereocenters. The number of aliphatic hydroxyl groups is 11. The molecular formula is C63H116N2O21. The highest BCUT2D eigenvalue weighted by Gasteiger charge is 2.60. The number of amides is 2. The van der Waals surface area contributed by atoms with Crippen LogP contribution in [0, 0.1) is 0 Å². The number of nitrogens with one attached hydrogen (secondary N) is 2. The Morgan fingerprint density at radius 1 is 0.605 bits per heavy atom. The van der Waals surface area contributed by atoms with Gasteiger partial charge in [0.15, 0.2) is 12.6 Å². The highest BCUT2D eigenvalue weighted by atomic mass is 16.8. The fraction of sp³-hybridized carbons (Fsp3) is 0.921. The van der Waals surface area contributed by atoms with Crippen LogP contribution in [-0.4, -0.2) is 215 Å². The molecule has 3 aliphatic heterocycles. The topological polar surface area (TPSA) is 373 Å². The number of carbonyl (C=O) groups is 3. The van der Waals surface area contributed by atoms with E-state index in [0.717, 1.165) is 51.9 Å². The summed E-state index contributed by atoms with van der Waals surface area (Å²) in [6, 6.07) is -2.61. The number of aliphatic hydroxyl groups excluding tert-OH is 11. The molecule has 23 heteroatoms. The van der Waals surface area contributed by atoms with Crippen molar-refractivity contribution < 1.29 is 104 Å². The minimum Gasteiger partial charge on any atom is -0.477 e. The van der Waals surface area contributed by atoms with E-state index in [1.54, 1.807) is 6.08 Å². The Balaban J connectivity index is 1.62. The van der Waals surface area contributed by atoms with Crippen LogP contribution in [0.3, 0.4) is 0 Å². The van der Waals surface area contributed by atoms with Crippen LogP contribution >= 0.6 is 0 Å². The molecule has 0 saturated carbocycles. The van der Waals surface area contributed by atoms with Gasteiger partial charge >= 0.3 is 5.97 Å². The summed E-state index contributed by atoms with van der Waals surface area (Å²) in [6.45, 7) is 2.12. The Hall–Kier alpha value is -2.53. The Morgan fingerprint density at radius 2 is 1.08 bits per heavy atom. The first-order chi connectivity index (χ1) is 41.4. The second-order valence-electron chi connectivity index (χ2n) is 24.3. The summed E-state index contributed by atoms with van der Waals surface area (Å²) in [5, 5.41) is 136.